The standard InChI is InChI=1S/C22H30N2O6/c1-13-8-18-16(17(13)11-23-20(25)6-7-22(27)28)10-21(26)24(18)12-14-4-5-15(29-2)9-19(14)30-3/h4-5,9,13,16-18H,6-8,10-12H2,1-3H3,(H,23,25)(H,27,28)/t13-,16-,17+,18+/m0/s1. The van der Waals surface area contributed by atoms with Gasteiger partial charge in [0.15, 0.2) is 0 Å². The van der Waals surface area contributed by atoms with Crippen molar-refractivity contribution in [2.75, 3.05) is 20.8 Å². The van der Waals surface area contributed by atoms with Crippen LogP contribution in [0.1, 0.15) is 38.2 Å². The van der Waals surface area contributed by atoms with Crippen LogP contribution in [0.15, 0.2) is 18.2 Å². The average molecular weight is 418 g/mol. The summed E-state index contributed by atoms with van der Waals surface area (Å²) >= 11 is 0. The lowest BCUT2D eigenvalue weighted by Gasteiger charge is -2.25. The number of hydrogen-bond donors (Lipinski definition) is 2. The van der Waals surface area contributed by atoms with E-state index in [2.05, 4.69) is 12.2 Å². The molecule has 2 aliphatic rings. The Bertz CT molecular complexity index is 811. The highest BCUT2D eigenvalue weighted by Crippen LogP contribution is 2.46. The fourth-order valence-electron chi connectivity index (χ4n) is 4.85. The number of aliphatic carboxylic acids is 1. The van der Waals surface area contributed by atoms with Gasteiger partial charge < -0.3 is 24.8 Å². The van der Waals surface area contributed by atoms with Gasteiger partial charge >= 0.3 is 5.97 Å². The Morgan fingerprint density at radius 2 is 2.00 bits per heavy atom. The smallest absolute Gasteiger partial charge is 0.303 e. The first-order chi connectivity index (χ1) is 14.3. The number of carboxylic acid groups (broad SMARTS) is 1. The summed E-state index contributed by atoms with van der Waals surface area (Å²) in [5, 5.41) is 11.6. The van der Waals surface area contributed by atoms with Crippen LogP contribution in [0.4, 0.5) is 0 Å². The van der Waals surface area contributed by atoms with Crippen LogP contribution in [0.25, 0.3) is 0 Å². The van der Waals surface area contributed by atoms with E-state index in [1.165, 1.54) is 0 Å². The zero-order valence-corrected chi connectivity index (χ0v) is 17.7. The van der Waals surface area contributed by atoms with Crippen LogP contribution >= 0.6 is 0 Å². The Morgan fingerprint density at radius 1 is 1.23 bits per heavy atom. The number of carbonyl (C=O) groups is 3. The first-order valence-electron chi connectivity index (χ1n) is 10.3. The molecule has 2 amide bonds. The zero-order chi connectivity index (χ0) is 21.8. The molecule has 8 nitrogen and oxygen atoms in total. The highest BCUT2D eigenvalue weighted by atomic mass is 16.5. The number of methoxy groups -OCH3 is 2. The molecule has 0 unspecified atom stereocenters. The van der Waals surface area contributed by atoms with Gasteiger partial charge in [-0.15, -0.1) is 0 Å². The zero-order valence-electron chi connectivity index (χ0n) is 17.7. The van der Waals surface area contributed by atoms with Gasteiger partial charge in [0, 0.05) is 43.6 Å². The maximum absolute atomic E-state index is 12.8. The topological polar surface area (TPSA) is 105 Å². The van der Waals surface area contributed by atoms with E-state index in [0.29, 0.717) is 36.9 Å². The number of nitrogens with zero attached hydrogens (tertiary/aromatic N) is 1. The maximum Gasteiger partial charge on any atom is 0.303 e. The molecule has 1 aromatic rings. The van der Waals surface area contributed by atoms with Gasteiger partial charge in [-0.2, -0.15) is 0 Å². The molecule has 2 fully saturated rings. The van der Waals surface area contributed by atoms with Gasteiger partial charge in [0.1, 0.15) is 11.5 Å². The van der Waals surface area contributed by atoms with Crippen molar-refractivity contribution in [1.82, 2.24) is 10.2 Å². The molecule has 164 valence electrons. The van der Waals surface area contributed by atoms with Crippen LogP contribution in [0.2, 0.25) is 0 Å². The van der Waals surface area contributed by atoms with E-state index in [4.69, 9.17) is 14.6 Å². The lowest BCUT2D eigenvalue weighted by Crippen LogP contribution is -2.35. The normalized spacial score (nSPS) is 25.2. The third-order valence-electron chi connectivity index (χ3n) is 6.46. The summed E-state index contributed by atoms with van der Waals surface area (Å²) < 4.78 is 10.7. The maximum atomic E-state index is 12.8. The Labute approximate surface area is 176 Å². The van der Waals surface area contributed by atoms with Gasteiger partial charge in [0.25, 0.3) is 0 Å². The molecular weight excluding hydrogens is 388 g/mol. The van der Waals surface area contributed by atoms with Crippen molar-refractivity contribution in [3.8, 4) is 11.5 Å². The lowest BCUT2D eigenvalue weighted by atomic mass is 9.88. The van der Waals surface area contributed by atoms with Crippen LogP contribution in [0, 0.1) is 17.8 Å². The van der Waals surface area contributed by atoms with Crippen LogP contribution in [0.5, 0.6) is 11.5 Å². The van der Waals surface area contributed by atoms with Crippen LogP contribution in [-0.2, 0) is 20.9 Å². The van der Waals surface area contributed by atoms with Crippen molar-refractivity contribution >= 4 is 17.8 Å². The molecule has 0 aromatic heterocycles. The van der Waals surface area contributed by atoms with E-state index in [1.54, 1.807) is 14.2 Å². The van der Waals surface area contributed by atoms with Crippen molar-refractivity contribution < 1.29 is 29.0 Å². The van der Waals surface area contributed by atoms with Crippen LogP contribution < -0.4 is 14.8 Å². The summed E-state index contributed by atoms with van der Waals surface area (Å²) in [4.78, 5) is 37.3. The third-order valence-corrected chi connectivity index (χ3v) is 6.46. The second-order valence-electron chi connectivity index (χ2n) is 8.21. The van der Waals surface area contributed by atoms with Crippen molar-refractivity contribution in [3.05, 3.63) is 23.8 Å². The number of carbonyl (C=O) groups excluding carboxylic acids is 2. The van der Waals surface area contributed by atoms with Crippen molar-refractivity contribution in [2.24, 2.45) is 17.8 Å². The summed E-state index contributed by atoms with van der Waals surface area (Å²) in [5.74, 6) is 1.05. The van der Waals surface area contributed by atoms with Crippen LogP contribution in [-0.4, -0.2) is 54.6 Å². The molecule has 1 aliphatic carbocycles. The molecule has 2 N–H and O–H groups in total. The van der Waals surface area contributed by atoms with Gasteiger partial charge in [-0.1, -0.05) is 6.92 Å². The van der Waals surface area contributed by atoms with Crippen molar-refractivity contribution in [3.63, 3.8) is 0 Å². The molecule has 1 aromatic carbocycles. The summed E-state index contributed by atoms with van der Waals surface area (Å²) in [6, 6.07) is 5.75. The largest absolute Gasteiger partial charge is 0.497 e. The monoisotopic (exact) mass is 418 g/mol. The number of carboxylic acids is 1. The van der Waals surface area contributed by atoms with Crippen molar-refractivity contribution in [1.29, 1.82) is 0 Å². The minimum Gasteiger partial charge on any atom is -0.497 e. The Balaban J connectivity index is 1.65. The Hall–Kier alpha value is -2.77. The van der Waals surface area contributed by atoms with Gasteiger partial charge in [0.2, 0.25) is 11.8 Å². The number of rotatable bonds is 9. The average Bonchev–Trinajstić information content (AvgIpc) is 3.18. The minimum absolute atomic E-state index is 0.0210. The summed E-state index contributed by atoms with van der Waals surface area (Å²) in [6.45, 7) is 3.12. The first kappa shape index (κ1) is 21.9. The summed E-state index contributed by atoms with van der Waals surface area (Å²) in [5.41, 5.74) is 0.936. The number of benzene rings is 1. The second-order valence-corrected chi connectivity index (χ2v) is 8.21. The molecule has 1 aliphatic heterocycles. The Morgan fingerprint density at radius 3 is 2.67 bits per heavy atom. The van der Waals surface area contributed by atoms with Gasteiger partial charge in [-0.25, -0.2) is 0 Å². The van der Waals surface area contributed by atoms with Crippen molar-refractivity contribution in [2.45, 2.75) is 45.2 Å². The molecule has 0 bridgehead atoms. The molecular formula is C22H30N2O6. The fourth-order valence-corrected chi connectivity index (χ4v) is 4.85. The SMILES string of the molecule is COc1ccc(CN2C(=O)C[C@H]3[C@H](CNC(=O)CCC(=O)O)[C@@H](C)C[C@H]32)c(OC)c1. The lowest BCUT2D eigenvalue weighted by molar-refractivity contribution is -0.138. The Kier molecular flexibility index (Phi) is 6.84. The molecule has 0 spiro atoms. The first-order valence-corrected chi connectivity index (χ1v) is 10.3. The highest BCUT2D eigenvalue weighted by molar-refractivity contribution is 5.81. The van der Waals surface area contributed by atoms with E-state index >= 15 is 0 Å². The molecule has 1 heterocycles. The fraction of sp³-hybridized carbons (Fsp3) is 0.591. The van der Waals surface area contributed by atoms with Crippen LogP contribution in [0.3, 0.4) is 0 Å². The predicted octanol–water partition coefficient (Wildman–Crippen LogP) is 2.06. The molecule has 0 radical (unpaired) electrons. The van der Waals surface area contributed by atoms with Gasteiger partial charge in [-0.05, 0) is 36.3 Å². The number of fused-ring (bicyclic) bond motifs is 1. The number of amides is 2. The van der Waals surface area contributed by atoms with E-state index in [-0.39, 0.29) is 42.5 Å². The third kappa shape index (κ3) is 4.68. The molecule has 8 heteroatoms. The summed E-state index contributed by atoms with van der Waals surface area (Å²) in [6.07, 6.45) is 1.18. The molecule has 1 saturated carbocycles. The van der Waals surface area contributed by atoms with E-state index in [1.807, 2.05) is 23.1 Å². The van der Waals surface area contributed by atoms with Gasteiger partial charge in [-0.3, -0.25) is 14.4 Å². The van der Waals surface area contributed by atoms with E-state index < -0.39 is 5.97 Å². The van der Waals surface area contributed by atoms with Gasteiger partial charge in [0.05, 0.1) is 20.6 Å². The van der Waals surface area contributed by atoms with E-state index in [0.717, 1.165) is 12.0 Å². The van der Waals surface area contributed by atoms with E-state index in [9.17, 15) is 14.4 Å². The molecule has 30 heavy (non-hydrogen) atoms. The number of hydrogen-bond acceptors (Lipinski definition) is 5. The molecule has 4 atom stereocenters. The number of nitrogens with one attached hydrogen (secondary N) is 1. The summed E-state index contributed by atoms with van der Waals surface area (Å²) in [7, 11) is 3.21. The quantitative estimate of drug-likeness (QED) is 0.636. The number of ether oxygens (including phenoxy) is 2. The predicted molar refractivity (Wildman–Crippen MR) is 109 cm³/mol. The minimum atomic E-state index is -0.981. The molecule has 3 rings (SSSR count). The highest BCUT2D eigenvalue weighted by Gasteiger charge is 2.50. The number of likely N-dealkylation sites (tertiary alicyclic amines) is 1. The second kappa shape index (κ2) is 9.36. The molecule has 1 saturated heterocycles.